The third-order valence-corrected chi connectivity index (χ3v) is 15.6. The van der Waals surface area contributed by atoms with Gasteiger partial charge in [-0.2, -0.15) is 0 Å². The first kappa shape index (κ1) is 61.1. The number of nitrogens with zero attached hydrogens (tertiary/aromatic N) is 7. The van der Waals surface area contributed by atoms with E-state index in [1.54, 1.807) is 65.3 Å². The summed E-state index contributed by atoms with van der Waals surface area (Å²) in [4.78, 5) is 35.0. The Balaban J connectivity index is 1.48. The summed E-state index contributed by atoms with van der Waals surface area (Å²) in [6.07, 6.45) is -7.22. The fourth-order valence-electron chi connectivity index (χ4n) is 10.9. The van der Waals surface area contributed by atoms with E-state index in [1.165, 1.54) is 26.2 Å². The molecule has 22 heteroatoms. The van der Waals surface area contributed by atoms with Crippen molar-refractivity contribution in [3.63, 3.8) is 0 Å². The van der Waals surface area contributed by atoms with Crippen LogP contribution in [0.2, 0.25) is 0 Å². The summed E-state index contributed by atoms with van der Waals surface area (Å²) in [6, 6.07) is 5.93. The third-order valence-electron chi connectivity index (χ3n) is 15.6. The van der Waals surface area contributed by atoms with Crippen LogP contribution in [0.15, 0.2) is 35.6 Å². The van der Waals surface area contributed by atoms with E-state index in [1.807, 2.05) is 51.0 Å². The second kappa shape index (κ2) is 26.0. The molecule has 0 amide bonds. The minimum absolute atomic E-state index is 0.0298. The predicted molar refractivity (Wildman–Crippen MR) is 273 cm³/mol. The summed E-state index contributed by atoms with van der Waals surface area (Å²) in [5, 5.41) is 84.9. The molecule has 22 nitrogen and oxygen atoms in total. The lowest BCUT2D eigenvalue weighted by Gasteiger charge is -2.49. The quantitative estimate of drug-likeness (QED) is 0.0618. The molecule has 2 aromatic rings. The summed E-state index contributed by atoms with van der Waals surface area (Å²) in [6.45, 7) is 18.8. The molecule has 3 aliphatic rings. The highest BCUT2D eigenvalue weighted by molar-refractivity contribution is 5.88. The van der Waals surface area contributed by atoms with Crippen molar-refractivity contribution < 1.29 is 68.5 Å². The number of carbonyl (C=O) groups excluding carboxylic acids is 1. The molecule has 4 heterocycles. The lowest BCUT2D eigenvalue weighted by Crippen LogP contribution is -2.61. The molecule has 3 saturated heterocycles. The zero-order valence-electron chi connectivity index (χ0n) is 46.1. The van der Waals surface area contributed by atoms with E-state index >= 15 is 0 Å². The van der Waals surface area contributed by atoms with Crippen molar-refractivity contribution in [2.24, 2.45) is 28.8 Å². The van der Waals surface area contributed by atoms with Crippen LogP contribution in [0, 0.1) is 33.8 Å². The Hall–Kier alpha value is -3.78. The molecule has 5 N–H and O–H groups in total. The molecule has 3 aliphatic heterocycles. The Bertz CT molecular complexity index is 2130. The average Bonchev–Trinajstić information content (AvgIpc) is 3.81. The van der Waals surface area contributed by atoms with Gasteiger partial charge >= 0.3 is 5.97 Å². The number of aryl methyl sites for hydroxylation is 2. The number of non-ortho nitro benzene ring substituents is 1. The van der Waals surface area contributed by atoms with Crippen molar-refractivity contribution in [3.8, 4) is 0 Å². The van der Waals surface area contributed by atoms with Crippen molar-refractivity contribution in [2.45, 2.75) is 199 Å². The molecule has 1 aromatic carbocycles. The molecule has 0 bridgehead atoms. The lowest BCUT2D eigenvalue weighted by molar-refractivity contribution is -0.384. The highest BCUT2D eigenvalue weighted by Crippen LogP contribution is 2.41. The van der Waals surface area contributed by atoms with Crippen LogP contribution in [0.25, 0.3) is 0 Å². The van der Waals surface area contributed by atoms with Gasteiger partial charge in [0.15, 0.2) is 12.6 Å². The summed E-state index contributed by atoms with van der Waals surface area (Å²) in [5.41, 5.74) is -2.85. The van der Waals surface area contributed by atoms with Gasteiger partial charge < -0.3 is 68.6 Å². The fourth-order valence-corrected chi connectivity index (χ4v) is 10.9. The monoisotopic (exact) mass is 1050 g/mol. The van der Waals surface area contributed by atoms with Crippen LogP contribution in [0.3, 0.4) is 0 Å². The SMILES string of the molecule is CC[C@H]1OC(=O)C(C)[C@@H](O[C@H]2C[C@@](C)(OC)[C@@H](O)C(C)O2)[C@H](C)[C@@H](OC2OC(C)CC(N(C)CCc3cn(CCc4ccc([N+](=O)[O-])cc4)nn3)C2O)[C@](C)(O)C[C@@H](C)/C(=N\OCCN(C)C)C(C)C(O)[C@]1(C)O. The minimum atomic E-state index is -1.97. The second-order valence-electron chi connectivity index (χ2n) is 22.1. The number of hydrogen-bond donors (Lipinski definition) is 5. The zero-order chi connectivity index (χ0) is 55.0. The van der Waals surface area contributed by atoms with Crippen molar-refractivity contribution in [3.05, 3.63) is 51.8 Å². The molecule has 0 spiro atoms. The number of nitro groups is 1. The van der Waals surface area contributed by atoms with Gasteiger partial charge in [-0.1, -0.05) is 50.2 Å². The maximum Gasteiger partial charge on any atom is 0.311 e. The summed E-state index contributed by atoms with van der Waals surface area (Å²) >= 11 is 0. The average molecular weight is 1050 g/mol. The van der Waals surface area contributed by atoms with Gasteiger partial charge in [0, 0.05) is 81.7 Å². The summed E-state index contributed by atoms with van der Waals surface area (Å²) in [5.74, 6) is -4.24. The minimum Gasteiger partial charge on any atom is -0.459 e. The first-order valence-electron chi connectivity index (χ1n) is 26.2. The van der Waals surface area contributed by atoms with E-state index in [0.717, 1.165) is 11.3 Å². The van der Waals surface area contributed by atoms with Crippen LogP contribution in [-0.4, -0.2) is 199 Å². The van der Waals surface area contributed by atoms with Gasteiger partial charge in [0.1, 0.15) is 30.5 Å². The predicted octanol–water partition coefficient (Wildman–Crippen LogP) is 3.51. The molecular weight excluding hydrogens is 963 g/mol. The molecule has 0 saturated carbocycles. The first-order valence-corrected chi connectivity index (χ1v) is 26.2. The number of aliphatic hydroxyl groups is 5. The number of carbonyl (C=O) groups is 1. The number of esters is 1. The van der Waals surface area contributed by atoms with Gasteiger partial charge in [-0.25, -0.2) is 0 Å². The normalized spacial score (nSPS) is 38.5. The largest absolute Gasteiger partial charge is 0.459 e. The topological polar surface area (TPSA) is 276 Å². The maximum atomic E-state index is 14.6. The van der Waals surface area contributed by atoms with Crippen molar-refractivity contribution >= 4 is 17.4 Å². The Labute approximate surface area is 436 Å². The summed E-state index contributed by atoms with van der Waals surface area (Å²) < 4.78 is 40.1. The van der Waals surface area contributed by atoms with Crippen LogP contribution < -0.4 is 0 Å². The van der Waals surface area contributed by atoms with Crippen LogP contribution in [0.1, 0.15) is 106 Å². The van der Waals surface area contributed by atoms with Gasteiger partial charge in [0.05, 0.1) is 64.0 Å². The number of nitro benzene ring substituents is 1. The van der Waals surface area contributed by atoms with Crippen molar-refractivity contribution in [1.82, 2.24) is 24.8 Å². The number of rotatable bonds is 18. The number of hydrogen-bond acceptors (Lipinski definition) is 20. The van der Waals surface area contributed by atoms with Gasteiger partial charge in [0.2, 0.25) is 0 Å². The number of oxime groups is 1. The van der Waals surface area contributed by atoms with E-state index < -0.39 is 119 Å². The Morgan fingerprint density at radius 2 is 1.61 bits per heavy atom. The highest BCUT2D eigenvalue weighted by Gasteiger charge is 2.53. The van der Waals surface area contributed by atoms with E-state index in [9.17, 15) is 40.4 Å². The maximum absolute atomic E-state index is 14.6. The molecule has 420 valence electrons. The number of aromatic nitrogens is 3. The fraction of sp³-hybridized carbons (Fsp3) is 0.808. The Morgan fingerprint density at radius 1 is 0.932 bits per heavy atom. The number of benzene rings is 1. The first-order chi connectivity index (χ1) is 34.6. The molecule has 5 rings (SSSR count). The number of ether oxygens (including phenoxy) is 6. The van der Waals surface area contributed by atoms with E-state index in [0.29, 0.717) is 44.6 Å². The zero-order valence-corrected chi connectivity index (χ0v) is 46.1. The summed E-state index contributed by atoms with van der Waals surface area (Å²) in [7, 11) is 7.18. The number of cyclic esters (lactones) is 1. The molecule has 1 aromatic heterocycles. The number of methoxy groups -OCH3 is 1. The van der Waals surface area contributed by atoms with Crippen LogP contribution >= 0.6 is 0 Å². The van der Waals surface area contributed by atoms with E-state index in [4.69, 9.17) is 33.3 Å². The molecule has 3 fully saturated rings. The smallest absolute Gasteiger partial charge is 0.311 e. The van der Waals surface area contributed by atoms with Gasteiger partial charge in [-0.3, -0.25) is 19.6 Å². The van der Waals surface area contributed by atoms with Gasteiger partial charge in [-0.05, 0) is 93.9 Å². The van der Waals surface area contributed by atoms with Crippen LogP contribution in [-0.2, 0) is 57.4 Å². The second-order valence-corrected chi connectivity index (χ2v) is 22.1. The van der Waals surface area contributed by atoms with Crippen molar-refractivity contribution in [2.75, 3.05) is 47.9 Å². The molecule has 8 unspecified atom stereocenters. The van der Waals surface area contributed by atoms with Gasteiger partial charge in [-0.15, -0.1) is 5.10 Å². The number of likely N-dealkylation sites (N-methyl/N-ethyl adjacent to an activating group) is 2. The highest BCUT2D eigenvalue weighted by atomic mass is 16.7. The third kappa shape index (κ3) is 15.0. The van der Waals surface area contributed by atoms with E-state index in [2.05, 4.69) is 15.5 Å². The van der Waals surface area contributed by atoms with E-state index in [-0.39, 0.29) is 31.6 Å². The van der Waals surface area contributed by atoms with Crippen LogP contribution in [0.5, 0.6) is 0 Å². The van der Waals surface area contributed by atoms with Crippen molar-refractivity contribution in [1.29, 1.82) is 0 Å². The molecular formula is C52H87N7O15. The van der Waals surface area contributed by atoms with Crippen LogP contribution in [0.4, 0.5) is 5.69 Å². The Kier molecular flexibility index (Phi) is 21.5. The standard InChI is InChI=1S/C52H87N7O15/c1-15-40-52(10,65)45(61)32(4)42(54-69-25-24-56(11)12)30(2)27-50(8,64)47(33(5)44(34(6)48(63)72-40)73-41-28-51(9,68-14)46(62)35(7)71-41)74-49-43(60)39(26-31(3)70-49)57(13)22-21-37-29-58(55-53-37)23-20-36-16-18-38(19-17-36)59(66)67/h16-19,29-35,39-41,43-47,49,60-62,64-65H,15,20-28H2,1-14H3/b54-42+/t30-,31?,32?,33+,34?,35?,39?,40-,41+,43?,44+,45?,46+,47-,49?,50-,51-,52-/m1/s1. The molecule has 18 atom stereocenters. The Morgan fingerprint density at radius 3 is 2.23 bits per heavy atom. The van der Waals surface area contributed by atoms with Gasteiger partial charge in [0.25, 0.3) is 5.69 Å². The molecule has 0 aliphatic carbocycles. The molecule has 0 radical (unpaired) electrons. The molecule has 74 heavy (non-hydrogen) atoms. The number of aliphatic hydroxyl groups excluding tert-OH is 3. The lowest BCUT2D eigenvalue weighted by atomic mass is 9.73.